The summed E-state index contributed by atoms with van der Waals surface area (Å²) in [7, 11) is 0. The Balaban J connectivity index is 2.29. The van der Waals surface area contributed by atoms with E-state index in [4.69, 9.17) is 11.6 Å². The van der Waals surface area contributed by atoms with Crippen molar-refractivity contribution < 1.29 is 0 Å². The van der Waals surface area contributed by atoms with Crippen LogP contribution in [0.5, 0.6) is 0 Å². The molecular weight excluding hydrogens is 272 g/mol. The van der Waals surface area contributed by atoms with Gasteiger partial charge in [-0.15, -0.1) is 0 Å². The molecule has 2 rings (SSSR count). The van der Waals surface area contributed by atoms with Crippen molar-refractivity contribution in [2.24, 2.45) is 0 Å². The second-order valence-corrected chi connectivity index (χ2v) is 5.24. The van der Waals surface area contributed by atoms with Crippen LogP contribution in [-0.2, 0) is 13.0 Å². The van der Waals surface area contributed by atoms with Crippen molar-refractivity contribution in [1.82, 2.24) is 20.1 Å². The van der Waals surface area contributed by atoms with Gasteiger partial charge in [-0.2, -0.15) is 5.10 Å². The summed E-state index contributed by atoms with van der Waals surface area (Å²) in [4.78, 5) is 4.37. The second kappa shape index (κ2) is 6.86. The normalized spacial score (nSPS) is 12.6. The first-order chi connectivity index (χ1) is 9.65. The van der Waals surface area contributed by atoms with Crippen LogP contribution in [0.4, 0.5) is 0 Å². The molecule has 0 aliphatic heterocycles. The highest BCUT2D eigenvalue weighted by Crippen LogP contribution is 2.24. The van der Waals surface area contributed by atoms with Crippen LogP contribution < -0.4 is 5.32 Å². The molecule has 1 unspecified atom stereocenters. The van der Waals surface area contributed by atoms with Crippen molar-refractivity contribution in [3.63, 3.8) is 0 Å². The number of hydrogen-bond donors (Lipinski definition) is 1. The van der Waals surface area contributed by atoms with E-state index < -0.39 is 0 Å². The number of likely N-dealkylation sites (N-methyl/N-ethyl adjacent to an activating group) is 1. The molecule has 0 saturated carbocycles. The SMILES string of the molecule is CCNC(Cc1ncnn1CC)c1cc(Cl)ccc1C. The molecule has 0 spiro atoms. The summed E-state index contributed by atoms with van der Waals surface area (Å²) in [5, 5.41) is 8.52. The molecule has 2 aromatic rings. The summed E-state index contributed by atoms with van der Waals surface area (Å²) in [6.07, 6.45) is 2.43. The summed E-state index contributed by atoms with van der Waals surface area (Å²) < 4.78 is 1.93. The number of aryl methyl sites for hydroxylation is 2. The van der Waals surface area contributed by atoms with E-state index >= 15 is 0 Å². The minimum Gasteiger partial charge on any atom is -0.310 e. The predicted molar refractivity (Wildman–Crippen MR) is 82.0 cm³/mol. The Hall–Kier alpha value is -1.39. The third-order valence-electron chi connectivity index (χ3n) is 3.45. The van der Waals surface area contributed by atoms with E-state index in [1.54, 1.807) is 6.33 Å². The Morgan fingerprint density at radius 3 is 2.85 bits per heavy atom. The number of halogens is 1. The topological polar surface area (TPSA) is 42.7 Å². The number of aromatic nitrogens is 3. The number of benzene rings is 1. The van der Waals surface area contributed by atoms with Crippen LogP contribution in [0.1, 0.15) is 36.8 Å². The van der Waals surface area contributed by atoms with Gasteiger partial charge < -0.3 is 5.32 Å². The monoisotopic (exact) mass is 292 g/mol. The molecule has 0 aliphatic rings. The smallest absolute Gasteiger partial charge is 0.138 e. The third-order valence-corrected chi connectivity index (χ3v) is 3.68. The zero-order valence-electron chi connectivity index (χ0n) is 12.2. The van der Waals surface area contributed by atoms with Crippen LogP contribution in [0.15, 0.2) is 24.5 Å². The van der Waals surface area contributed by atoms with Gasteiger partial charge in [-0.3, -0.25) is 4.68 Å². The minimum atomic E-state index is 0.202. The van der Waals surface area contributed by atoms with Gasteiger partial charge in [0.25, 0.3) is 0 Å². The fourth-order valence-corrected chi connectivity index (χ4v) is 2.60. The van der Waals surface area contributed by atoms with E-state index in [1.807, 2.05) is 16.8 Å². The van der Waals surface area contributed by atoms with Crippen LogP contribution in [0.2, 0.25) is 5.02 Å². The fourth-order valence-electron chi connectivity index (χ4n) is 2.42. The number of hydrogen-bond acceptors (Lipinski definition) is 3. The molecule has 0 amide bonds. The summed E-state index contributed by atoms with van der Waals surface area (Å²) in [5.74, 6) is 0.998. The molecular formula is C15H21ClN4. The zero-order chi connectivity index (χ0) is 14.5. The molecule has 1 aromatic carbocycles. The Kier molecular flexibility index (Phi) is 5.15. The van der Waals surface area contributed by atoms with E-state index in [-0.39, 0.29) is 6.04 Å². The molecule has 5 heteroatoms. The first-order valence-corrected chi connectivity index (χ1v) is 7.39. The van der Waals surface area contributed by atoms with Crippen LogP contribution in [0.3, 0.4) is 0 Å². The molecule has 0 saturated heterocycles. The summed E-state index contributed by atoms with van der Waals surface area (Å²) >= 11 is 6.14. The van der Waals surface area contributed by atoms with Gasteiger partial charge in [0, 0.05) is 24.0 Å². The number of rotatable bonds is 6. The lowest BCUT2D eigenvalue weighted by Gasteiger charge is -2.20. The van der Waals surface area contributed by atoms with Crippen molar-refractivity contribution in [3.8, 4) is 0 Å². The van der Waals surface area contributed by atoms with Gasteiger partial charge in [-0.1, -0.05) is 24.6 Å². The van der Waals surface area contributed by atoms with Gasteiger partial charge in [0.2, 0.25) is 0 Å². The standard InChI is InChI=1S/C15H21ClN4/c1-4-17-14(9-15-18-10-19-20(15)5-2)13-8-12(16)7-6-11(13)3/h6-8,10,14,17H,4-5,9H2,1-3H3. The lowest BCUT2D eigenvalue weighted by Crippen LogP contribution is -2.25. The maximum absolute atomic E-state index is 6.14. The van der Waals surface area contributed by atoms with Gasteiger partial charge in [0.05, 0.1) is 0 Å². The highest BCUT2D eigenvalue weighted by atomic mass is 35.5. The van der Waals surface area contributed by atoms with Crippen LogP contribution >= 0.6 is 11.6 Å². The van der Waals surface area contributed by atoms with Crippen LogP contribution in [-0.4, -0.2) is 21.3 Å². The molecule has 0 aliphatic carbocycles. The molecule has 1 atom stereocenters. The molecule has 1 aromatic heterocycles. The molecule has 4 nitrogen and oxygen atoms in total. The van der Waals surface area contributed by atoms with Gasteiger partial charge in [-0.25, -0.2) is 4.98 Å². The van der Waals surface area contributed by atoms with E-state index in [2.05, 4.69) is 42.2 Å². The summed E-state index contributed by atoms with van der Waals surface area (Å²) in [5.41, 5.74) is 2.47. The Morgan fingerprint density at radius 1 is 1.35 bits per heavy atom. The van der Waals surface area contributed by atoms with E-state index in [1.165, 1.54) is 11.1 Å². The Bertz CT molecular complexity index is 565. The first-order valence-electron chi connectivity index (χ1n) is 7.01. The Labute approximate surface area is 125 Å². The fraction of sp³-hybridized carbons (Fsp3) is 0.467. The van der Waals surface area contributed by atoms with E-state index in [0.717, 1.165) is 30.4 Å². The Morgan fingerprint density at radius 2 is 2.15 bits per heavy atom. The molecule has 0 radical (unpaired) electrons. The van der Waals surface area contributed by atoms with Crippen molar-refractivity contribution in [2.45, 2.75) is 39.8 Å². The molecule has 0 fully saturated rings. The van der Waals surface area contributed by atoms with Crippen molar-refractivity contribution in [1.29, 1.82) is 0 Å². The van der Waals surface area contributed by atoms with Gasteiger partial charge in [0.1, 0.15) is 12.2 Å². The van der Waals surface area contributed by atoms with E-state index in [0.29, 0.717) is 0 Å². The molecule has 1 heterocycles. The van der Waals surface area contributed by atoms with E-state index in [9.17, 15) is 0 Å². The van der Waals surface area contributed by atoms with Gasteiger partial charge >= 0.3 is 0 Å². The molecule has 0 bridgehead atoms. The largest absolute Gasteiger partial charge is 0.310 e. The quantitative estimate of drug-likeness (QED) is 0.889. The predicted octanol–water partition coefficient (Wildman–Crippen LogP) is 3.15. The van der Waals surface area contributed by atoms with Crippen molar-refractivity contribution in [3.05, 3.63) is 46.5 Å². The second-order valence-electron chi connectivity index (χ2n) is 4.81. The van der Waals surface area contributed by atoms with Crippen LogP contribution in [0, 0.1) is 6.92 Å². The summed E-state index contributed by atoms with van der Waals surface area (Å²) in [6.45, 7) is 8.03. The minimum absolute atomic E-state index is 0.202. The van der Waals surface area contributed by atoms with Crippen molar-refractivity contribution in [2.75, 3.05) is 6.54 Å². The lowest BCUT2D eigenvalue weighted by molar-refractivity contribution is 0.508. The molecule has 1 N–H and O–H groups in total. The highest BCUT2D eigenvalue weighted by molar-refractivity contribution is 6.30. The average molecular weight is 293 g/mol. The van der Waals surface area contributed by atoms with Crippen molar-refractivity contribution >= 4 is 11.6 Å². The zero-order valence-corrected chi connectivity index (χ0v) is 13.0. The summed E-state index contributed by atoms with van der Waals surface area (Å²) in [6, 6.07) is 6.23. The third kappa shape index (κ3) is 3.38. The highest BCUT2D eigenvalue weighted by Gasteiger charge is 2.17. The average Bonchev–Trinajstić information content (AvgIpc) is 2.88. The lowest BCUT2D eigenvalue weighted by atomic mass is 9.98. The number of nitrogens with zero attached hydrogens (tertiary/aromatic N) is 3. The number of nitrogens with one attached hydrogen (secondary N) is 1. The van der Waals surface area contributed by atoms with Gasteiger partial charge in [-0.05, 0) is 43.7 Å². The molecule has 20 heavy (non-hydrogen) atoms. The van der Waals surface area contributed by atoms with Gasteiger partial charge in [0.15, 0.2) is 0 Å². The maximum atomic E-state index is 6.14. The molecule has 108 valence electrons. The maximum Gasteiger partial charge on any atom is 0.138 e. The first kappa shape index (κ1) is 15.0. The van der Waals surface area contributed by atoms with Crippen LogP contribution in [0.25, 0.3) is 0 Å².